The maximum absolute atomic E-state index is 12.6. The summed E-state index contributed by atoms with van der Waals surface area (Å²) in [5.74, 6) is -0.0342. The first-order chi connectivity index (χ1) is 12.0. The summed E-state index contributed by atoms with van der Waals surface area (Å²) in [4.78, 5) is 16.5. The fraction of sp³-hybridized carbons (Fsp3) is 0.300. The van der Waals surface area contributed by atoms with Crippen molar-refractivity contribution in [2.45, 2.75) is 6.54 Å². The Hall–Kier alpha value is -2.84. The lowest BCUT2D eigenvalue weighted by atomic mass is 10.1. The van der Waals surface area contributed by atoms with Gasteiger partial charge in [0.15, 0.2) is 0 Å². The van der Waals surface area contributed by atoms with E-state index in [4.69, 9.17) is 5.26 Å². The normalized spacial score (nSPS) is 11.0. The van der Waals surface area contributed by atoms with E-state index in [1.807, 2.05) is 73.3 Å². The Balaban J connectivity index is 2.12. The first-order valence-electron chi connectivity index (χ1n) is 8.20. The van der Waals surface area contributed by atoms with Gasteiger partial charge in [-0.05, 0) is 49.5 Å². The number of amides is 1. The predicted molar refractivity (Wildman–Crippen MR) is 99.6 cm³/mol. The average Bonchev–Trinajstić information content (AvgIpc) is 3.01. The van der Waals surface area contributed by atoms with Gasteiger partial charge in [0.25, 0.3) is 0 Å². The van der Waals surface area contributed by atoms with Crippen LogP contribution in [0.15, 0.2) is 48.8 Å². The molecule has 130 valence electrons. The minimum Gasteiger partial charge on any atom is -0.357 e. The van der Waals surface area contributed by atoms with Gasteiger partial charge >= 0.3 is 0 Å². The van der Waals surface area contributed by atoms with Crippen LogP contribution in [0, 0.1) is 11.3 Å². The highest BCUT2D eigenvalue weighted by atomic mass is 16.2. The minimum atomic E-state index is -0.0342. The smallest absolute Gasteiger partial charge is 0.246 e. The summed E-state index contributed by atoms with van der Waals surface area (Å²) in [6.07, 6.45) is 7.35. The van der Waals surface area contributed by atoms with Crippen molar-refractivity contribution in [1.29, 1.82) is 5.26 Å². The summed E-state index contributed by atoms with van der Waals surface area (Å²) >= 11 is 0. The molecule has 0 bridgehead atoms. The second kappa shape index (κ2) is 8.86. The predicted octanol–water partition coefficient (Wildman–Crippen LogP) is 2.50. The third-order valence-electron chi connectivity index (χ3n) is 3.83. The fourth-order valence-electron chi connectivity index (χ4n) is 2.44. The molecule has 25 heavy (non-hydrogen) atoms. The second-order valence-electron chi connectivity index (χ2n) is 6.32. The van der Waals surface area contributed by atoms with Gasteiger partial charge in [-0.3, -0.25) is 4.79 Å². The molecule has 0 saturated heterocycles. The molecule has 1 heterocycles. The van der Waals surface area contributed by atoms with Crippen LogP contribution in [-0.2, 0) is 18.4 Å². The van der Waals surface area contributed by atoms with Crippen LogP contribution in [0.25, 0.3) is 6.08 Å². The van der Waals surface area contributed by atoms with Crippen LogP contribution in [-0.4, -0.2) is 47.5 Å². The first-order valence-corrected chi connectivity index (χ1v) is 8.20. The Morgan fingerprint density at radius 3 is 2.72 bits per heavy atom. The molecule has 0 spiro atoms. The number of nitrogens with zero attached hydrogens (tertiary/aromatic N) is 4. The number of hydrogen-bond acceptors (Lipinski definition) is 3. The zero-order valence-electron chi connectivity index (χ0n) is 15.0. The van der Waals surface area contributed by atoms with E-state index < -0.39 is 0 Å². The van der Waals surface area contributed by atoms with Crippen LogP contribution in [0.2, 0.25) is 0 Å². The highest BCUT2D eigenvalue weighted by molar-refractivity contribution is 5.91. The molecule has 0 N–H and O–H groups in total. The highest BCUT2D eigenvalue weighted by Crippen LogP contribution is 2.10. The molecule has 0 fully saturated rings. The van der Waals surface area contributed by atoms with Crippen LogP contribution in [0.3, 0.4) is 0 Å². The monoisotopic (exact) mass is 336 g/mol. The van der Waals surface area contributed by atoms with E-state index in [1.54, 1.807) is 17.0 Å². The third-order valence-corrected chi connectivity index (χ3v) is 3.83. The molecule has 0 aliphatic rings. The van der Waals surface area contributed by atoms with Crippen molar-refractivity contribution >= 4 is 12.0 Å². The molecule has 0 aliphatic carbocycles. The molecule has 0 atom stereocenters. The Kier molecular flexibility index (Phi) is 6.55. The van der Waals surface area contributed by atoms with Crippen molar-refractivity contribution in [3.8, 4) is 6.07 Å². The first kappa shape index (κ1) is 18.5. The van der Waals surface area contributed by atoms with Gasteiger partial charge in [0.05, 0.1) is 11.6 Å². The van der Waals surface area contributed by atoms with Gasteiger partial charge in [-0.15, -0.1) is 0 Å². The number of benzene rings is 1. The Morgan fingerprint density at radius 1 is 1.28 bits per heavy atom. The van der Waals surface area contributed by atoms with Crippen molar-refractivity contribution in [1.82, 2.24) is 14.4 Å². The third kappa shape index (κ3) is 5.94. The Morgan fingerprint density at radius 2 is 2.08 bits per heavy atom. The van der Waals surface area contributed by atoms with Crippen LogP contribution in [0.1, 0.15) is 16.7 Å². The number of aryl methyl sites for hydroxylation is 1. The van der Waals surface area contributed by atoms with E-state index in [2.05, 4.69) is 6.07 Å². The van der Waals surface area contributed by atoms with Crippen LogP contribution >= 0.6 is 0 Å². The van der Waals surface area contributed by atoms with Crippen molar-refractivity contribution in [2.24, 2.45) is 7.05 Å². The largest absolute Gasteiger partial charge is 0.357 e. The maximum Gasteiger partial charge on any atom is 0.246 e. The van der Waals surface area contributed by atoms with E-state index in [9.17, 15) is 4.79 Å². The Labute approximate surface area is 149 Å². The average molecular weight is 336 g/mol. The van der Waals surface area contributed by atoms with Crippen LogP contribution in [0.5, 0.6) is 0 Å². The standard InChI is InChI=1S/C20H24N4O/c1-22(2)11-12-24(16-19-6-4-5-18(13-19)14-21)20(25)8-7-17-9-10-23(3)15-17/h4-10,13,15H,11-12,16H2,1-3H3/b8-7+. The van der Waals surface area contributed by atoms with Crippen molar-refractivity contribution in [3.05, 3.63) is 65.5 Å². The van der Waals surface area contributed by atoms with Gasteiger partial charge in [0.1, 0.15) is 0 Å². The SMILES string of the molecule is CN(C)CCN(Cc1cccc(C#N)c1)C(=O)/C=C/c1ccn(C)c1. The van der Waals surface area contributed by atoms with E-state index >= 15 is 0 Å². The molecule has 0 unspecified atom stereocenters. The van der Waals surface area contributed by atoms with E-state index in [1.165, 1.54) is 0 Å². The van der Waals surface area contributed by atoms with E-state index in [0.29, 0.717) is 18.7 Å². The number of carbonyl (C=O) groups excluding carboxylic acids is 1. The molecule has 0 saturated carbocycles. The second-order valence-corrected chi connectivity index (χ2v) is 6.32. The zero-order valence-corrected chi connectivity index (χ0v) is 15.0. The molecule has 1 aromatic heterocycles. The highest BCUT2D eigenvalue weighted by Gasteiger charge is 2.12. The van der Waals surface area contributed by atoms with Crippen LogP contribution < -0.4 is 0 Å². The molecule has 2 aromatic rings. The lowest BCUT2D eigenvalue weighted by Crippen LogP contribution is -2.35. The minimum absolute atomic E-state index is 0.0342. The number of carbonyl (C=O) groups is 1. The van der Waals surface area contributed by atoms with Gasteiger partial charge in [-0.25, -0.2) is 0 Å². The zero-order chi connectivity index (χ0) is 18.2. The van der Waals surface area contributed by atoms with Crippen molar-refractivity contribution in [2.75, 3.05) is 27.2 Å². The van der Waals surface area contributed by atoms with Gasteiger partial charge in [-0.1, -0.05) is 12.1 Å². The molecule has 2 rings (SSSR count). The van der Waals surface area contributed by atoms with Crippen LogP contribution in [0.4, 0.5) is 0 Å². The molecule has 0 aliphatic heterocycles. The Bertz CT molecular complexity index is 783. The van der Waals surface area contributed by atoms with Gasteiger partial charge in [0, 0.05) is 45.2 Å². The van der Waals surface area contributed by atoms with Gasteiger partial charge in [0.2, 0.25) is 5.91 Å². The number of likely N-dealkylation sites (N-methyl/N-ethyl adjacent to an activating group) is 1. The lowest BCUT2D eigenvalue weighted by molar-refractivity contribution is -0.126. The summed E-state index contributed by atoms with van der Waals surface area (Å²) in [6, 6.07) is 11.5. The molecule has 5 nitrogen and oxygen atoms in total. The quantitative estimate of drug-likeness (QED) is 0.730. The lowest BCUT2D eigenvalue weighted by Gasteiger charge is -2.23. The summed E-state index contributed by atoms with van der Waals surface area (Å²) in [5.41, 5.74) is 2.56. The van der Waals surface area contributed by atoms with E-state index in [0.717, 1.165) is 17.7 Å². The molecular weight excluding hydrogens is 312 g/mol. The molecular formula is C20H24N4O. The molecule has 1 aromatic carbocycles. The summed E-state index contributed by atoms with van der Waals surface area (Å²) in [6.45, 7) is 1.89. The number of nitriles is 1. The van der Waals surface area contributed by atoms with Gasteiger partial charge < -0.3 is 14.4 Å². The van der Waals surface area contributed by atoms with E-state index in [-0.39, 0.29) is 5.91 Å². The summed E-state index contributed by atoms with van der Waals surface area (Å²) in [7, 11) is 5.92. The summed E-state index contributed by atoms with van der Waals surface area (Å²) in [5, 5.41) is 9.04. The summed E-state index contributed by atoms with van der Waals surface area (Å²) < 4.78 is 1.95. The van der Waals surface area contributed by atoms with Crippen molar-refractivity contribution in [3.63, 3.8) is 0 Å². The topological polar surface area (TPSA) is 52.3 Å². The van der Waals surface area contributed by atoms with Gasteiger partial charge in [-0.2, -0.15) is 5.26 Å². The molecule has 0 radical (unpaired) electrons. The fourth-order valence-corrected chi connectivity index (χ4v) is 2.44. The van der Waals surface area contributed by atoms with Crippen molar-refractivity contribution < 1.29 is 4.79 Å². The maximum atomic E-state index is 12.6. The molecule has 5 heteroatoms. The number of rotatable bonds is 7. The number of hydrogen-bond donors (Lipinski definition) is 0. The molecule has 1 amide bonds. The number of aromatic nitrogens is 1.